The molecule has 0 aromatic heterocycles. The summed E-state index contributed by atoms with van der Waals surface area (Å²) in [6.45, 7) is 0. The Morgan fingerprint density at radius 2 is 1.80 bits per heavy atom. The zero-order chi connectivity index (χ0) is 13.8. The molecule has 0 saturated heterocycles. The molecular weight excluding hydrogens is 379 g/mol. The highest BCUT2D eigenvalue weighted by molar-refractivity contribution is 14.2. The summed E-state index contributed by atoms with van der Waals surface area (Å²) in [7, 11) is 1.53. The molecule has 2 aromatic carbocycles. The van der Waals surface area contributed by atoms with E-state index in [4.69, 9.17) is 0 Å². The van der Waals surface area contributed by atoms with Crippen LogP contribution in [0.25, 0.3) is 10.8 Å². The van der Waals surface area contributed by atoms with Crippen LogP contribution in [-0.2, 0) is 0 Å². The maximum absolute atomic E-state index is 4.41. The molecule has 0 unspecified atom stereocenters. The van der Waals surface area contributed by atoms with Gasteiger partial charge in [-0.3, -0.25) is 0 Å². The smallest absolute Gasteiger partial charge is 0.0396 e. The first kappa shape index (κ1) is 14.2. The Kier molecular flexibility index (Phi) is 4.83. The molecule has 1 N–H and O–H groups in total. The van der Waals surface area contributed by atoms with E-state index >= 15 is 0 Å². The van der Waals surface area contributed by atoms with Gasteiger partial charge in [-0.1, -0.05) is 42.5 Å². The Morgan fingerprint density at radius 3 is 2.60 bits per heavy atom. The predicted octanol–water partition coefficient (Wildman–Crippen LogP) is 5.44. The average molecular weight is 396 g/mol. The van der Waals surface area contributed by atoms with Gasteiger partial charge >= 0.3 is 0 Å². The Labute approximate surface area is 136 Å². The summed E-state index contributed by atoms with van der Waals surface area (Å²) in [5.74, 6) is 0.673. The summed E-state index contributed by atoms with van der Waals surface area (Å²) in [6.07, 6.45) is 4.64. The first-order valence-electron chi connectivity index (χ1n) is 6.94. The fourth-order valence-electron chi connectivity index (χ4n) is 3.06. The second-order valence-corrected chi connectivity index (χ2v) is 6.85. The van der Waals surface area contributed by atoms with Crippen molar-refractivity contribution in [3.63, 3.8) is 0 Å². The highest BCUT2D eigenvalue weighted by Gasteiger charge is 2.20. The maximum atomic E-state index is 4.41. The van der Waals surface area contributed by atoms with Crippen LogP contribution in [0.4, 0.5) is 0 Å². The zero-order valence-corrected chi connectivity index (χ0v) is 14.2. The van der Waals surface area contributed by atoms with Crippen LogP contribution in [-0.4, -0.2) is 5.71 Å². The van der Waals surface area contributed by atoms with E-state index in [0.717, 1.165) is 12.8 Å². The Balaban J connectivity index is 1.80. The molecule has 0 atom stereocenters. The largest absolute Gasteiger partial charge is 0.242 e. The number of hydrazone groups is 1. The number of nitrogens with one attached hydrogen (secondary N) is 1. The molecule has 20 heavy (non-hydrogen) atoms. The van der Waals surface area contributed by atoms with Gasteiger partial charge in [0.25, 0.3) is 0 Å². The van der Waals surface area contributed by atoms with Crippen molar-refractivity contribution >= 4 is 46.8 Å². The van der Waals surface area contributed by atoms with Gasteiger partial charge in [-0.25, -0.2) is 4.83 Å². The fraction of sp³-hybridized carbons (Fsp3) is 0.312. The quantitative estimate of drug-likeness (QED) is 0.424. The van der Waals surface area contributed by atoms with E-state index in [1.807, 2.05) is 0 Å². The minimum Gasteiger partial charge on any atom is -0.242 e. The number of hydrogen-bond donors (Lipinski definition) is 1. The van der Waals surface area contributed by atoms with Crippen molar-refractivity contribution in [2.45, 2.75) is 31.6 Å². The Bertz CT molecular complexity index is 611. The van der Waals surface area contributed by atoms with Crippen molar-refractivity contribution in [3.8, 4) is 0 Å². The van der Waals surface area contributed by atoms with Gasteiger partial charge in [-0.15, -0.1) is 0 Å². The van der Waals surface area contributed by atoms with Gasteiger partial charge in [0.05, 0.1) is 0 Å². The van der Waals surface area contributed by atoms with Crippen LogP contribution < -0.4 is 4.83 Å². The van der Waals surface area contributed by atoms with E-state index in [1.54, 1.807) is 0 Å². The van der Waals surface area contributed by atoms with Crippen molar-refractivity contribution in [3.05, 3.63) is 48.0 Å². The van der Waals surface area contributed by atoms with Crippen LogP contribution in [0, 0.1) is 0 Å². The third-order valence-electron chi connectivity index (χ3n) is 4.06. The van der Waals surface area contributed by atoms with Crippen molar-refractivity contribution in [1.82, 2.24) is 4.83 Å². The first-order valence-corrected chi connectivity index (χ1v) is 10.3. The van der Waals surface area contributed by atoms with Crippen LogP contribution in [0.15, 0.2) is 47.6 Å². The van der Waals surface area contributed by atoms with Gasteiger partial charge in [0.1, 0.15) is 0 Å². The van der Waals surface area contributed by atoms with E-state index in [0.29, 0.717) is 5.92 Å². The number of rotatable bonds is 3. The highest BCUT2D eigenvalue weighted by Crippen LogP contribution is 2.35. The Hall–Kier alpha value is -0.750. The lowest BCUT2D eigenvalue weighted by Crippen LogP contribution is -2.14. The summed E-state index contributed by atoms with van der Waals surface area (Å²) in [5.41, 5.74) is 2.82. The molecule has 104 valence electrons. The molecule has 1 saturated carbocycles. The third-order valence-corrected chi connectivity index (χ3v) is 4.82. The van der Waals surface area contributed by atoms with Gasteiger partial charge < -0.3 is 0 Å². The number of nitrogens with zero attached hydrogens (tertiary/aromatic N) is 1. The van der Waals surface area contributed by atoms with Gasteiger partial charge in [-0.2, -0.15) is 5.10 Å². The van der Waals surface area contributed by atoms with E-state index in [1.165, 1.54) is 44.0 Å². The van der Waals surface area contributed by atoms with E-state index in [-0.39, 0.29) is 0 Å². The minimum atomic E-state index is 0.673. The van der Waals surface area contributed by atoms with Crippen LogP contribution in [0.5, 0.6) is 0 Å². The molecule has 0 spiro atoms. The molecule has 1 fully saturated rings. The monoisotopic (exact) mass is 396 g/mol. The fourth-order valence-corrected chi connectivity index (χ4v) is 3.52. The van der Waals surface area contributed by atoms with E-state index < -0.39 is 0 Å². The number of fused-ring (bicyclic) bond motifs is 1. The molecule has 0 heterocycles. The van der Waals surface area contributed by atoms with E-state index in [9.17, 15) is 0 Å². The van der Waals surface area contributed by atoms with Crippen molar-refractivity contribution in [2.24, 2.45) is 5.10 Å². The normalized spacial score (nSPS) is 19.1. The molecule has 0 bridgehead atoms. The van der Waals surface area contributed by atoms with Gasteiger partial charge in [-0.05, 0) is 47.9 Å². The van der Waals surface area contributed by atoms with Crippen LogP contribution >= 0.6 is 30.3 Å². The van der Waals surface area contributed by atoms with Crippen molar-refractivity contribution in [2.75, 3.05) is 0 Å². The average Bonchev–Trinajstić information content (AvgIpc) is 2.53. The predicted molar refractivity (Wildman–Crippen MR) is 97.3 cm³/mol. The Morgan fingerprint density at radius 1 is 1.05 bits per heavy atom. The lowest BCUT2D eigenvalue weighted by molar-refractivity contribution is 0.568. The highest BCUT2D eigenvalue weighted by atomic mass is 127. The number of benzene rings is 2. The van der Waals surface area contributed by atoms with Crippen LogP contribution in [0.1, 0.15) is 37.2 Å². The molecule has 2 nitrogen and oxygen atoms in total. The standard InChI is InChI=1S/C16H17IN2S/c17-20-19-18-14-10-8-13(9-11-14)16-7-3-5-12-4-1-2-6-15(12)16/h1-7,13,19H,8-11H2. The molecule has 1 aliphatic rings. The van der Waals surface area contributed by atoms with Gasteiger partial charge in [0.2, 0.25) is 0 Å². The summed E-state index contributed by atoms with van der Waals surface area (Å²) >= 11 is 2.20. The molecule has 0 amide bonds. The molecule has 2 aromatic rings. The molecular formula is C16H17IN2S. The molecule has 4 heteroatoms. The topological polar surface area (TPSA) is 24.4 Å². The van der Waals surface area contributed by atoms with Crippen molar-refractivity contribution < 1.29 is 0 Å². The second-order valence-electron chi connectivity index (χ2n) is 5.19. The summed E-state index contributed by atoms with van der Waals surface area (Å²) < 4.78 is 0. The van der Waals surface area contributed by atoms with Gasteiger partial charge in [0.15, 0.2) is 0 Å². The first-order chi connectivity index (χ1) is 9.88. The second kappa shape index (κ2) is 6.80. The van der Waals surface area contributed by atoms with E-state index in [2.05, 4.69) is 73.6 Å². The summed E-state index contributed by atoms with van der Waals surface area (Å²) in [4.78, 5) is 2.99. The summed E-state index contributed by atoms with van der Waals surface area (Å²) in [6, 6.07) is 15.4. The molecule has 0 aliphatic heterocycles. The van der Waals surface area contributed by atoms with Gasteiger partial charge in [0, 0.05) is 36.0 Å². The molecule has 0 radical (unpaired) electrons. The minimum absolute atomic E-state index is 0.673. The molecule has 3 rings (SSSR count). The number of hydrogen-bond acceptors (Lipinski definition) is 3. The van der Waals surface area contributed by atoms with Crippen LogP contribution in [0.2, 0.25) is 0 Å². The van der Waals surface area contributed by atoms with Crippen LogP contribution in [0.3, 0.4) is 0 Å². The third kappa shape index (κ3) is 3.11. The SMILES string of the molecule is ISNN=C1CCC(c2cccc3ccccc23)CC1. The maximum Gasteiger partial charge on any atom is 0.0396 e. The summed E-state index contributed by atoms with van der Waals surface area (Å²) in [5, 5.41) is 7.19. The van der Waals surface area contributed by atoms with Crippen molar-refractivity contribution in [1.29, 1.82) is 0 Å². The lowest BCUT2D eigenvalue weighted by atomic mass is 9.81. The molecule has 1 aliphatic carbocycles. The number of halogens is 1. The zero-order valence-electron chi connectivity index (χ0n) is 11.2. The lowest BCUT2D eigenvalue weighted by Gasteiger charge is -2.24.